The first kappa shape index (κ1) is 18.8. The number of carbonyl (C=O) groups excluding carboxylic acids is 1. The molecule has 1 fully saturated rings. The van der Waals surface area contributed by atoms with Crippen LogP contribution >= 0.6 is 11.6 Å². The van der Waals surface area contributed by atoms with Crippen LogP contribution in [0.15, 0.2) is 22.7 Å². The van der Waals surface area contributed by atoms with Crippen LogP contribution in [-0.4, -0.2) is 54.9 Å². The third-order valence-electron chi connectivity index (χ3n) is 4.52. The van der Waals surface area contributed by atoms with Crippen molar-refractivity contribution in [3.05, 3.63) is 40.4 Å². The summed E-state index contributed by atoms with van der Waals surface area (Å²) in [7, 11) is 0. The number of amides is 1. The highest BCUT2D eigenvalue weighted by atomic mass is 35.5. The summed E-state index contributed by atoms with van der Waals surface area (Å²) < 4.78 is 24.7. The van der Waals surface area contributed by atoms with Crippen molar-refractivity contribution in [2.45, 2.75) is 19.9 Å². The van der Waals surface area contributed by atoms with Crippen molar-refractivity contribution >= 4 is 17.5 Å². The molecule has 6 nitrogen and oxygen atoms in total. The molecule has 0 radical (unpaired) electrons. The molecule has 2 aromatic rings. The molecule has 1 amide bonds. The monoisotopic (exact) mass is 381 g/mol. The van der Waals surface area contributed by atoms with E-state index in [1.165, 1.54) is 12.1 Å². The molecular formula is C18H21ClFN3O3. The summed E-state index contributed by atoms with van der Waals surface area (Å²) in [5.74, 6) is -0.601. The summed E-state index contributed by atoms with van der Waals surface area (Å²) in [4.78, 5) is 15.0. The lowest BCUT2D eigenvalue weighted by Crippen LogP contribution is -2.47. The lowest BCUT2D eigenvalue weighted by atomic mass is 10.0. The number of hydrogen-bond donors (Lipinski definition) is 1. The van der Waals surface area contributed by atoms with Crippen molar-refractivity contribution in [1.29, 1.82) is 0 Å². The van der Waals surface area contributed by atoms with Crippen LogP contribution in [0.25, 0.3) is 11.3 Å². The van der Waals surface area contributed by atoms with Crippen LogP contribution in [0.4, 0.5) is 4.39 Å². The number of carbonyl (C=O) groups is 1. The van der Waals surface area contributed by atoms with Gasteiger partial charge >= 0.3 is 0 Å². The van der Waals surface area contributed by atoms with Gasteiger partial charge in [-0.3, -0.25) is 9.69 Å². The molecule has 8 heteroatoms. The van der Waals surface area contributed by atoms with E-state index in [2.05, 4.69) is 15.4 Å². The Bertz CT molecular complexity index is 770. The molecule has 1 saturated heterocycles. The summed E-state index contributed by atoms with van der Waals surface area (Å²) >= 11 is 6.11. The van der Waals surface area contributed by atoms with Gasteiger partial charge in [0.25, 0.3) is 5.91 Å². The number of hydrogen-bond acceptors (Lipinski definition) is 5. The second-order valence-corrected chi connectivity index (χ2v) is 6.67. The van der Waals surface area contributed by atoms with Crippen LogP contribution in [0, 0.1) is 12.7 Å². The molecule has 26 heavy (non-hydrogen) atoms. The first-order valence-electron chi connectivity index (χ1n) is 8.49. The van der Waals surface area contributed by atoms with E-state index >= 15 is 0 Å². The average molecular weight is 382 g/mol. The Labute approximate surface area is 156 Å². The smallest absolute Gasteiger partial charge is 0.257 e. The fourth-order valence-electron chi connectivity index (χ4n) is 3.01. The van der Waals surface area contributed by atoms with E-state index < -0.39 is 5.82 Å². The Morgan fingerprint density at radius 2 is 2.15 bits per heavy atom. The van der Waals surface area contributed by atoms with Gasteiger partial charge in [0.1, 0.15) is 22.8 Å². The first-order valence-corrected chi connectivity index (χ1v) is 8.87. The summed E-state index contributed by atoms with van der Waals surface area (Å²) in [5, 5.41) is 6.92. The Morgan fingerprint density at radius 3 is 2.85 bits per heavy atom. The number of nitrogens with one attached hydrogen (secondary N) is 1. The SMILES string of the molecule is Cc1onc(-c2c(F)cccc2Cl)c1C(=O)NC[C@H](C)N1CCOCC1. The van der Waals surface area contributed by atoms with Crippen molar-refractivity contribution in [3.63, 3.8) is 0 Å². The van der Waals surface area contributed by atoms with Gasteiger partial charge in [-0.2, -0.15) is 0 Å². The Hall–Kier alpha value is -1.96. The zero-order valence-corrected chi connectivity index (χ0v) is 15.5. The highest BCUT2D eigenvalue weighted by Crippen LogP contribution is 2.33. The molecule has 3 rings (SSSR count). The molecule has 1 N–H and O–H groups in total. The maximum atomic E-state index is 14.2. The third-order valence-corrected chi connectivity index (χ3v) is 4.83. The predicted octanol–water partition coefficient (Wildman–Crippen LogP) is 2.89. The molecule has 1 atom stereocenters. The van der Waals surface area contributed by atoms with Gasteiger partial charge in [0.15, 0.2) is 0 Å². The molecule has 0 aliphatic carbocycles. The zero-order valence-electron chi connectivity index (χ0n) is 14.7. The largest absolute Gasteiger partial charge is 0.379 e. The van der Waals surface area contributed by atoms with Crippen molar-refractivity contribution < 1.29 is 18.4 Å². The topological polar surface area (TPSA) is 67.6 Å². The third kappa shape index (κ3) is 3.90. The van der Waals surface area contributed by atoms with Gasteiger partial charge in [-0.15, -0.1) is 0 Å². The Morgan fingerprint density at radius 1 is 1.42 bits per heavy atom. The first-order chi connectivity index (χ1) is 12.5. The summed E-state index contributed by atoms with van der Waals surface area (Å²) in [6.07, 6.45) is 0. The molecule has 0 unspecified atom stereocenters. The van der Waals surface area contributed by atoms with E-state index in [9.17, 15) is 9.18 Å². The van der Waals surface area contributed by atoms with Crippen LogP contribution in [0.5, 0.6) is 0 Å². The average Bonchev–Trinajstić information content (AvgIpc) is 3.01. The fourth-order valence-corrected chi connectivity index (χ4v) is 3.26. The summed E-state index contributed by atoms with van der Waals surface area (Å²) in [5.41, 5.74) is 0.380. The van der Waals surface area contributed by atoms with E-state index in [1.54, 1.807) is 13.0 Å². The maximum absolute atomic E-state index is 14.2. The highest BCUT2D eigenvalue weighted by molar-refractivity contribution is 6.33. The Balaban J connectivity index is 1.77. The molecule has 0 spiro atoms. The van der Waals surface area contributed by atoms with Crippen molar-refractivity contribution in [2.75, 3.05) is 32.8 Å². The van der Waals surface area contributed by atoms with Gasteiger partial charge in [0.2, 0.25) is 0 Å². The number of morpholine rings is 1. The zero-order chi connectivity index (χ0) is 18.7. The van der Waals surface area contributed by atoms with E-state index in [0.717, 1.165) is 13.1 Å². The van der Waals surface area contributed by atoms with Crippen molar-refractivity contribution in [1.82, 2.24) is 15.4 Å². The predicted molar refractivity (Wildman–Crippen MR) is 95.8 cm³/mol. The van der Waals surface area contributed by atoms with Gasteiger partial charge in [-0.25, -0.2) is 4.39 Å². The molecule has 1 aliphatic heterocycles. The van der Waals surface area contributed by atoms with Gasteiger partial charge < -0.3 is 14.6 Å². The number of halogens is 2. The molecular weight excluding hydrogens is 361 g/mol. The molecule has 140 valence electrons. The summed E-state index contributed by atoms with van der Waals surface area (Å²) in [6, 6.07) is 4.47. The fraction of sp³-hybridized carbons (Fsp3) is 0.444. The molecule has 1 aliphatic rings. The number of benzene rings is 1. The van der Waals surface area contributed by atoms with Crippen LogP contribution < -0.4 is 5.32 Å². The molecule has 0 bridgehead atoms. The normalized spacial score (nSPS) is 16.5. The van der Waals surface area contributed by atoms with Crippen LogP contribution in [0.1, 0.15) is 23.0 Å². The molecule has 1 aromatic heterocycles. The lowest BCUT2D eigenvalue weighted by molar-refractivity contribution is 0.0204. The lowest BCUT2D eigenvalue weighted by Gasteiger charge is -2.32. The van der Waals surface area contributed by atoms with E-state index in [4.69, 9.17) is 20.9 Å². The van der Waals surface area contributed by atoms with Crippen molar-refractivity contribution in [2.24, 2.45) is 0 Å². The minimum absolute atomic E-state index is 0.0670. The van der Waals surface area contributed by atoms with E-state index in [-0.39, 0.29) is 33.8 Å². The van der Waals surface area contributed by atoms with E-state index in [0.29, 0.717) is 25.5 Å². The highest BCUT2D eigenvalue weighted by Gasteiger charge is 2.26. The number of aromatic nitrogens is 1. The summed E-state index contributed by atoms with van der Waals surface area (Å²) in [6.45, 7) is 7.16. The second-order valence-electron chi connectivity index (χ2n) is 6.27. The van der Waals surface area contributed by atoms with Gasteiger partial charge in [-0.1, -0.05) is 22.8 Å². The van der Waals surface area contributed by atoms with Crippen molar-refractivity contribution in [3.8, 4) is 11.3 Å². The van der Waals surface area contributed by atoms with Gasteiger partial charge in [0, 0.05) is 25.7 Å². The molecule has 2 heterocycles. The van der Waals surface area contributed by atoms with Gasteiger partial charge in [0.05, 0.1) is 23.8 Å². The minimum Gasteiger partial charge on any atom is -0.379 e. The molecule has 0 saturated carbocycles. The van der Waals surface area contributed by atoms with Crippen LogP contribution in [0.2, 0.25) is 5.02 Å². The standard InChI is InChI=1S/C18H21ClFN3O3/c1-11(23-6-8-25-9-7-23)10-21-18(24)15-12(2)26-22-17(15)16-13(19)4-3-5-14(16)20/h3-5,11H,6-10H2,1-2H3,(H,21,24)/t11-/m0/s1. The molecule has 1 aromatic carbocycles. The van der Waals surface area contributed by atoms with Gasteiger partial charge in [-0.05, 0) is 26.0 Å². The van der Waals surface area contributed by atoms with Crippen LogP contribution in [0.3, 0.4) is 0 Å². The Kier molecular flexibility index (Phi) is 5.90. The number of nitrogens with zero attached hydrogens (tertiary/aromatic N) is 2. The quantitative estimate of drug-likeness (QED) is 0.862. The number of aryl methyl sites for hydroxylation is 1. The maximum Gasteiger partial charge on any atom is 0.257 e. The van der Waals surface area contributed by atoms with Crippen LogP contribution in [-0.2, 0) is 4.74 Å². The minimum atomic E-state index is -0.554. The second kappa shape index (κ2) is 8.16. The number of ether oxygens (including phenoxy) is 1. The van der Waals surface area contributed by atoms with E-state index in [1.807, 2.05) is 6.92 Å². The number of rotatable bonds is 5.